The second-order valence-electron chi connectivity index (χ2n) is 2.19. The molecular weight excluding hydrogens is 171 g/mol. The maximum atomic E-state index is 10.3. The lowest BCUT2D eigenvalue weighted by Gasteiger charge is -2.07. The van der Waals surface area contributed by atoms with Crippen LogP contribution < -0.4 is 11.5 Å². The number of hydrogen-bond acceptors (Lipinski definition) is 3. The largest absolute Gasteiger partial charge is 0.368 e. The van der Waals surface area contributed by atoms with Crippen LogP contribution in [-0.4, -0.2) is 27.9 Å². The third-order valence-electron chi connectivity index (χ3n) is 1.10. The standard InChI is InChI=1S/C4H11N2O4P/c5-3(4(6)7)1-2-11(8,9)10/h3H,1-2,5H2,(H2,6,7)(H2,8,9,10). The predicted molar refractivity (Wildman–Crippen MR) is 38.7 cm³/mol. The van der Waals surface area contributed by atoms with Crippen LogP contribution in [0.5, 0.6) is 0 Å². The fraction of sp³-hybridized carbons (Fsp3) is 0.750. The number of primary amides is 1. The molecule has 0 aliphatic rings. The van der Waals surface area contributed by atoms with E-state index >= 15 is 0 Å². The molecule has 0 aromatic heterocycles. The average Bonchev–Trinajstić information content (AvgIpc) is 1.80. The highest BCUT2D eigenvalue weighted by atomic mass is 31.2. The zero-order valence-corrected chi connectivity index (χ0v) is 6.70. The van der Waals surface area contributed by atoms with Gasteiger partial charge in [-0.2, -0.15) is 0 Å². The van der Waals surface area contributed by atoms with Crippen LogP contribution in [0.4, 0.5) is 0 Å². The third kappa shape index (κ3) is 6.00. The van der Waals surface area contributed by atoms with Gasteiger partial charge in [0.1, 0.15) is 0 Å². The van der Waals surface area contributed by atoms with Crippen molar-refractivity contribution in [2.45, 2.75) is 12.5 Å². The second kappa shape index (κ2) is 3.82. The third-order valence-corrected chi connectivity index (χ3v) is 1.94. The number of rotatable bonds is 4. The minimum atomic E-state index is -4.05. The predicted octanol–water partition coefficient (Wildman–Crippen LogP) is -1.63. The molecule has 0 rings (SSSR count). The van der Waals surface area contributed by atoms with Gasteiger partial charge in [-0.05, 0) is 6.42 Å². The lowest BCUT2D eigenvalue weighted by molar-refractivity contribution is -0.119. The Labute approximate surface area is 63.7 Å². The number of carbonyl (C=O) groups excluding carboxylic acids is 1. The van der Waals surface area contributed by atoms with Gasteiger partial charge in [0.15, 0.2) is 0 Å². The molecule has 0 radical (unpaired) electrons. The summed E-state index contributed by atoms with van der Waals surface area (Å²) in [5.41, 5.74) is 9.85. The van der Waals surface area contributed by atoms with Crippen molar-refractivity contribution in [3.8, 4) is 0 Å². The minimum absolute atomic E-state index is 0.0837. The van der Waals surface area contributed by atoms with E-state index in [0.717, 1.165) is 0 Å². The maximum absolute atomic E-state index is 10.3. The molecule has 0 aliphatic carbocycles. The van der Waals surface area contributed by atoms with E-state index in [1.54, 1.807) is 0 Å². The molecule has 6 nitrogen and oxygen atoms in total. The first-order chi connectivity index (χ1) is 4.83. The fourth-order valence-corrected chi connectivity index (χ4v) is 1.06. The molecule has 1 atom stereocenters. The van der Waals surface area contributed by atoms with Gasteiger partial charge in [0.2, 0.25) is 5.91 Å². The molecule has 66 valence electrons. The molecule has 6 N–H and O–H groups in total. The van der Waals surface area contributed by atoms with Crippen LogP contribution in [0.3, 0.4) is 0 Å². The summed E-state index contributed by atoms with van der Waals surface area (Å²) < 4.78 is 10.2. The lowest BCUT2D eigenvalue weighted by Crippen LogP contribution is -2.36. The van der Waals surface area contributed by atoms with Gasteiger partial charge >= 0.3 is 7.60 Å². The van der Waals surface area contributed by atoms with Crippen molar-refractivity contribution in [3.05, 3.63) is 0 Å². The summed E-state index contributed by atoms with van der Waals surface area (Å²) in [6.07, 6.45) is -0.489. The smallest absolute Gasteiger partial charge is 0.325 e. The van der Waals surface area contributed by atoms with E-state index in [1.807, 2.05) is 0 Å². The van der Waals surface area contributed by atoms with E-state index < -0.39 is 25.7 Å². The van der Waals surface area contributed by atoms with Crippen LogP contribution in [0.2, 0.25) is 0 Å². The highest BCUT2D eigenvalue weighted by molar-refractivity contribution is 7.51. The van der Waals surface area contributed by atoms with Crippen molar-refractivity contribution in [1.82, 2.24) is 0 Å². The first kappa shape index (κ1) is 10.6. The second-order valence-corrected chi connectivity index (χ2v) is 3.96. The van der Waals surface area contributed by atoms with Crippen molar-refractivity contribution in [3.63, 3.8) is 0 Å². The monoisotopic (exact) mass is 182 g/mol. The van der Waals surface area contributed by atoms with Gasteiger partial charge in [0.05, 0.1) is 12.2 Å². The SMILES string of the molecule is NC(=O)C(N)CCP(=O)(O)O. The average molecular weight is 182 g/mol. The summed E-state index contributed by atoms with van der Waals surface area (Å²) in [5.74, 6) is -0.751. The number of hydrogen-bond donors (Lipinski definition) is 4. The summed E-state index contributed by atoms with van der Waals surface area (Å²) in [6, 6.07) is -0.970. The van der Waals surface area contributed by atoms with E-state index in [1.165, 1.54) is 0 Å². The number of amides is 1. The van der Waals surface area contributed by atoms with Gasteiger partial charge < -0.3 is 21.3 Å². The van der Waals surface area contributed by atoms with Gasteiger partial charge in [0, 0.05) is 0 Å². The maximum Gasteiger partial charge on any atom is 0.325 e. The lowest BCUT2D eigenvalue weighted by atomic mass is 10.2. The van der Waals surface area contributed by atoms with E-state index in [0.29, 0.717) is 0 Å². The molecule has 0 aromatic carbocycles. The van der Waals surface area contributed by atoms with Crippen molar-refractivity contribution in [1.29, 1.82) is 0 Å². The fourth-order valence-electron chi connectivity index (χ4n) is 0.450. The highest BCUT2D eigenvalue weighted by Crippen LogP contribution is 2.34. The van der Waals surface area contributed by atoms with Crippen LogP contribution in [0.1, 0.15) is 6.42 Å². The molecular formula is C4H11N2O4P. The van der Waals surface area contributed by atoms with Gasteiger partial charge in [-0.3, -0.25) is 9.36 Å². The number of nitrogens with two attached hydrogens (primary N) is 2. The van der Waals surface area contributed by atoms with Crippen LogP contribution in [0.25, 0.3) is 0 Å². The molecule has 7 heteroatoms. The molecule has 0 aromatic rings. The van der Waals surface area contributed by atoms with Crippen molar-refractivity contribution < 1.29 is 19.1 Å². The topological polar surface area (TPSA) is 127 Å². The molecule has 0 aliphatic heterocycles. The Bertz CT molecular complexity index is 189. The van der Waals surface area contributed by atoms with Crippen molar-refractivity contribution >= 4 is 13.5 Å². The molecule has 0 heterocycles. The molecule has 0 fully saturated rings. The normalized spacial score (nSPS) is 14.5. The Morgan fingerprint density at radius 2 is 2.00 bits per heavy atom. The summed E-state index contributed by atoms with van der Waals surface area (Å²) >= 11 is 0. The molecule has 1 amide bonds. The summed E-state index contributed by atoms with van der Waals surface area (Å²) in [5, 5.41) is 0. The molecule has 0 bridgehead atoms. The molecule has 1 unspecified atom stereocenters. The van der Waals surface area contributed by atoms with E-state index in [2.05, 4.69) is 0 Å². The summed E-state index contributed by atoms with van der Waals surface area (Å²) in [6.45, 7) is 0. The van der Waals surface area contributed by atoms with Crippen molar-refractivity contribution in [2.24, 2.45) is 11.5 Å². The van der Waals surface area contributed by atoms with Gasteiger partial charge in [-0.15, -0.1) is 0 Å². The van der Waals surface area contributed by atoms with Crippen LogP contribution >= 0.6 is 7.60 Å². The molecule has 0 saturated heterocycles. The van der Waals surface area contributed by atoms with Crippen LogP contribution in [-0.2, 0) is 9.36 Å². The Balaban J connectivity index is 3.72. The van der Waals surface area contributed by atoms with Crippen LogP contribution in [0, 0.1) is 0 Å². The van der Waals surface area contributed by atoms with E-state index in [-0.39, 0.29) is 6.42 Å². The van der Waals surface area contributed by atoms with Crippen molar-refractivity contribution in [2.75, 3.05) is 6.16 Å². The van der Waals surface area contributed by atoms with E-state index in [9.17, 15) is 9.36 Å². The Morgan fingerprint density at radius 1 is 1.55 bits per heavy atom. The summed E-state index contributed by atoms with van der Waals surface area (Å²) in [4.78, 5) is 27.0. The zero-order chi connectivity index (χ0) is 9.07. The van der Waals surface area contributed by atoms with Gasteiger partial charge in [-0.1, -0.05) is 0 Å². The first-order valence-electron chi connectivity index (χ1n) is 2.92. The quantitative estimate of drug-likeness (QED) is 0.388. The molecule has 11 heavy (non-hydrogen) atoms. The summed E-state index contributed by atoms with van der Waals surface area (Å²) in [7, 11) is -4.05. The van der Waals surface area contributed by atoms with Crippen LogP contribution in [0.15, 0.2) is 0 Å². The minimum Gasteiger partial charge on any atom is -0.368 e. The van der Waals surface area contributed by atoms with Gasteiger partial charge in [0.25, 0.3) is 0 Å². The zero-order valence-electron chi connectivity index (χ0n) is 5.80. The Kier molecular flexibility index (Phi) is 3.68. The van der Waals surface area contributed by atoms with Gasteiger partial charge in [-0.25, -0.2) is 0 Å². The Hall–Kier alpha value is -0.420. The molecule has 0 saturated carbocycles. The van der Waals surface area contributed by atoms with E-state index in [4.69, 9.17) is 21.3 Å². The number of carbonyl (C=O) groups is 1. The molecule has 0 spiro atoms. The Morgan fingerprint density at radius 3 is 2.27 bits per heavy atom. The highest BCUT2D eigenvalue weighted by Gasteiger charge is 2.17. The first-order valence-corrected chi connectivity index (χ1v) is 4.72.